The fourth-order valence-corrected chi connectivity index (χ4v) is 2.34. The fraction of sp³-hybridized carbons (Fsp3) is 0. The van der Waals surface area contributed by atoms with Gasteiger partial charge < -0.3 is 5.11 Å². The van der Waals surface area contributed by atoms with Crippen molar-refractivity contribution < 1.29 is 18.3 Å². The van der Waals surface area contributed by atoms with Crippen molar-refractivity contribution in [3.63, 3.8) is 0 Å². The lowest BCUT2D eigenvalue weighted by atomic mass is 10.3. The number of rotatable bonds is 4. The van der Waals surface area contributed by atoms with E-state index in [0.29, 0.717) is 5.02 Å². The largest absolute Gasteiger partial charge is 0.478 e. The zero-order valence-electron chi connectivity index (χ0n) is 9.82. The molecule has 2 N–H and O–H groups in total. The molecule has 0 fully saturated rings. The second-order valence-corrected chi connectivity index (χ2v) is 5.72. The van der Waals surface area contributed by atoms with Gasteiger partial charge in [-0.25, -0.2) is 14.8 Å². The smallest absolute Gasteiger partial charge is 0.337 e. The van der Waals surface area contributed by atoms with Gasteiger partial charge in [0, 0.05) is 12.4 Å². The molecule has 0 bridgehead atoms. The Kier molecular flexibility index (Phi) is 3.86. The molecule has 9 heteroatoms. The van der Waals surface area contributed by atoms with Crippen LogP contribution in [0.15, 0.2) is 41.7 Å². The van der Waals surface area contributed by atoms with E-state index in [0.717, 1.165) is 18.3 Å². The summed E-state index contributed by atoms with van der Waals surface area (Å²) in [6.45, 7) is 0. The summed E-state index contributed by atoms with van der Waals surface area (Å²) in [7, 11) is -3.93. The third kappa shape index (κ3) is 3.22. The molecule has 2 rings (SSSR count). The quantitative estimate of drug-likeness (QED) is 0.887. The van der Waals surface area contributed by atoms with E-state index < -0.39 is 16.0 Å². The third-order valence-electron chi connectivity index (χ3n) is 2.22. The molecule has 0 atom stereocenters. The summed E-state index contributed by atoms with van der Waals surface area (Å²) < 4.78 is 26.2. The average Bonchev–Trinajstić information content (AvgIpc) is 2.41. The van der Waals surface area contributed by atoms with Crippen LogP contribution in [0, 0.1) is 0 Å². The number of aromatic nitrogens is 2. The Labute approximate surface area is 119 Å². The first-order chi connectivity index (χ1) is 9.38. The maximum atomic E-state index is 12.0. The SMILES string of the molecule is O=C(O)c1ccc(S(=O)(=O)Nc2ccc(Cl)cn2)nc1. The second kappa shape index (κ2) is 5.43. The van der Waals surface area contributed by atoms with E-state index >= 15 is 0 Å². The Hall–Kier alpha value is -2.19. The highest BCUT2D eigenvalue weighted by molar-refractivity contribution is 7.92. The highest BCUT2D eigenvalue weighted by Crippen LogP contribution is 2.14. The maximum Gasteiger partial charge on any atom is 0.337 e. The molecule has 20 heavy (non-hydrogen) atoms. The van der Waals surface area contributed by atoms with Crippen LogP contribution >= 0.6 is 11.6 Å². The number of sulfonamides is 1. The van der Waals surface area contributed by atoms with E-state index in [9.17, 15) is 13.2 Å². The van der Waals surface area contributed by atoms with Crippen molar-refractivity contribution >= 4 is 33.4 Å². The van der Waals surface area contributed by atoms with Gasteiger partial charge >= 0.3 is 5.97 Å². The first-order valence-electron chi connectivity index (χ1n) is 5.22. The molecular weight excluding hydrogens is 306 g/mol. The van der Waals surface area contributed by atoms with Gasteiger partial charge in [-0.1, -0.05) is 11.6 Å². The molecule has 2 heterocycles. The van der Waals surface area contributed by atoms with E-state index in [-0.39, 0.29) is 16.4 Å². The summed E-state index contributed by atoms with van der Waals surface area (Å²) in [6, 6.07) is 5.12. The van der Waals surface area contributed by atoms with Gasteiger partial charge in [0.25, 0.3) is 10.0 Å². The van der Waals surface area contributed by atoms with Gasteiger partial charge in [0.2, 0.25) is 0 Å². The van der Waals surface area contributed by atoms with E-state index in [1.54, 1.807) is 0 Å². The second-order valence-electron chi connectivity index (χ2n) is 3.66. The minimum absolute atomic E-state index is 0.0820. The third-order valence-corrected chi connectivity index (χ3v) is 3.72. The number of nitrogens with one attached hydrogen (secondary N) is 1. The summed E-state index contributed by atoms with van der Waals surface area (Å²) in [5.74, 6) is -1.10. The molecule has 104 valence electrons. The molecule has 0 unspecified atom stereocenters. The topological polar surface area (TPSA) is 109 Å². The monoisotopic (exact) mass is 313 g/mol. The van der Waals surface area contributed by atoms with E-state index in [1.807, 2.05) is 0 Å². The average molecular weight is 314 g/mol. The Morgan fingerprint density at radius 1 is 1.15 bits per heavy atom. The van der Waals surface area contributed by atoms with Crippen LogP contribution in [0.25, 0.3) is 0 Å². The van der Waals surface area contributed by atoms with Gasteiger partial charge in [0.15, 0.2) is 5.03 Å². The van der Waals surface area contributed by atoms with Crippen molar-refractivity contribution in [2.24, 2.45) is 0 Å². The minimum atomic E-state index is -3.93. The van der Waals surface area contributed by atoms with Crippen LogP contribution in [-0.2, 0) is 10.0 Å². The predicted molar refractivity (Wildman–Crippen MR) is 71.3 cm³/mol. The van der Waals surface area contributed by atoms with E-state index in [2.05, 4.69) is 14.7 Å². The summed E-state index contributed by atoms with van der Waals surface area (Å²) >= 11 is 5.64. The number of carboxylic acids is 1. The van der Waals surface area contributed by atoms with Crippen LogP contribution in [0.1, 0.15) is 10.4 Å². The number of anilines is 1. The normalized spacial score (nSPS) is 11.1. The highest BCUT2D eigenvalue weighted by atomic mass is 35.5. The lowest BCUT2D eigenvalue weighted by Crippen LogP contribution is -2.15. The van der Waals surface area contributed by atoms with Crippen LogP contribution in [0.4, 0.5) is 5.82 Å². The van der Waals surface area contributed by atoms with E-state index in [1.165, 1.54) is 18.3 Å². The molecule has 2 aromatic heterocycles. The first kappa shape index (κ1) is 14.2. The summed E-state index contributed by atoms with van der Waals surface area (Å²) in [5.41, 5.74) is -0.103. The Balaban J connectivity index is 2.26. The Morgan fingerprint density at radius 3 is 2.40 bits per heavy atom. The molecule has 0 aliphatic carbocycles. The van der Waals surface area contributed by atoms with Crippen molar-refractivity contribution in [1.29, 1.82) is 0 Å². The summed E-state index contributed by atoms with van der Waals surface area (Å²) in [5, 5.41) is 8.78. The molecule has 0 saturated heterocycles. The Morgan fingerprint density at radius 2 is 1.90 bits per heavy atom. The molecule has 0 radical (unpaired) electrons. The predicted octanol–water partition coefficient (Wildman–Crippen LogP) is 1.63. The number of carbonyl (C=O) groups is 1. The van der Waals surface area contributed by atoms with Gasteiger partial charge in [-0.05, 0) is 24.3 Å². The maximum absolute atomic E-state index is 12.0. The van der Waals surface area contributed by atoms with Gasteiger partial charge in [0.1, 0.15) is 5.82 Å². The minimum Gasteiger partial charge on any atom is -0.478 e. The molecular formula is C11H8ClN3O4S. The molecule has 0 aromatic carbocycles. The van der Waals surface area contributed by atoms with Crippen molar-refractivity contribution in [3.05, 3.63) is 47.2 Å². The standard InChI is InChI=1S/C11H8ClN3O4S/c12-8-2-3-9(13-6-8)15-20(18,19)10-4-1-7(5-14-10)11(16)17/h1-6H,(H,13,15)(H,16,17). The van der Waals surface area contributed by atoms with E-state index in [4.69, 9.17) is 16.7 Å². The highest BCUT2D eigenvalue weighted by Gasteiger charge is 2.17. The zero-order chi connectivity index (χ0) is 14.8. The first-order valence-corrected chi connectivity index (χ1v) is 7.08. The van der Waals surface area contributed by atoms with Crippen molar-refractivity contribution in [2.75, 3.05) is 4.72 Å². The molecule has 0 aliphatic rings. The van der Waals surface area contributed by atoms with Gasteiger partial charge in [-0.3, -0.25) is 4.72 Å². The van der Waals surface area contributed by atoms with Crippen LogP contribution in [0.5, 0.6) is 0 Å². The van der Waals surface area contributed by atoms with Gasteiger partial charge in [0.05, 0.1) is 10.6 Å². The van der Waals surface area contributed by atoms with Crippen LogP contribution in [0.3, 0.4) is 0 Å². The lowest BCUT2D eigenvalue weighted by Gasteiger charge is -2.06. The molecule has 2 aromatic rings. The van der Waals surface area contributed by atoms with Crippen LogP contribution in [-0.4, -0.2) is 29.5 Å². The van der Waals surface area contributed by atoms with Gasteiger partial charge in [-0.2, -0.15) is 8.42 Å². The lowest BCUT2D eigenvalue weighted by molar-refractivity contribution is 0.0696. The van der Waals surface area contributed by atoms with Crippen molar-refractivity contribution in [3.8, 4) is 0 Å². The Bertz CT molecular complexity index is 729. The molecule has 7 nitrogen and oxygen atoms in total. The number of hydrogen-bond acceptors (Lipinski definition) is 5. The van der Waals surface area contributed by atoms with Crippen LogP contribution < -0.4 is 4.72 Å². The summed E-state index contributed by atoms with van der Waals surface area (Å²) in [6.07, 6.45) is 2.26. The number of carboxylic acid groups (broad SMARTS) is 1. The van der Waals surface area contributed by atoms with Gasteiger partial charge in [-0.15, -0.1) is 0 Å². The molecule has 0 amide bonds. The number of halogens is 1. The summed E-state index contributed by atoms with van der Waals surface area (Å²) in [4.78, 5) is 18.0. The number of nitrogens with zero attached hydrogens (tertiary/aromatic N) is 2. The zero-order valence-corrected chi connectivity index (χ0v) is 11.4. The molecule has 0 spiro atoms. The fourth-order valence-electron chi connectivity index (χ4n) is 1.29. The number of hydrogen-bond donors (Lipinski definition) is 2. The number of aromatic carboxylic acids is 1. The molecule has 0 aliphatic heterocycles. The van der Waals surface area contributed by atoms with Crippen molar-refractivity contribution in [1.82, 2.24) is 9.97 Å². The van der Waals surface area contributed by atoms with Crippen molar-refractivity contribution in [2.45, 2.75) is 5.03 Å². The molecule has 0 saturated carbocycles. The number of pyridine rings is 2. The van der Waals surface area contributed by atoms with Crippen LogP contribution in [0.2, 0.25) is 5.02 Å².